The van der Waals surface area contributed by atoms with E-state index in [0.29, 0.717) is 0 Å². The van der Waals surface area contributed by atoms with Gasteiger partial charge in [0.2, 0.25) is 0 Å². The zero-order valence-electron chi connectivity index (χ0n) is 27.2. The van der Waals surface area contributed by atoms with Gasteiger partial charge in [0.15, 0.2) is 0 Å². The van der Waals surface area contributed by atoms with Crippen molar-refractivity contribution in [2.45, 2.75) is 0 Å². The molecule has 3 nitrogen and oxygen atoms in total. The van der Waals surface area contributed by atoms with Crippen LogP contribution < -0.4 is 0 Å². The third-order valence-electron chi connectivity index (χ3n) is 10.8. The number of furan rings is 3. The smallest absolute Gasteiger partial charge is 0.136 e. The van der Waals surface area contributed by atoms with E-state index in [1.54, 1.807) is 0 Å². The van der Waals surface area contributed by atoms with Crippen molar-refractivity contribution in [2.24, 2.45) is 0 Å². The van der Waals surface area contributed by atoms with E-state index in [-0.39, 0.29) is 1.43 Å². The van der Waals surface area contributed by atoms with Crippen LogP contribution in [0.25, 0.3) is 120 Å². The van der Waals surface area contributed by atoms with Crippen LogP contribution in [0.15, 0.2) is 171 Å². The first-order chi connectivity index (χ1) is 25.3. The third kappa shape index (κ3) is 3.67. The molecule has 0 saturated heterocycles. The maximum absolute atomic E-state index is 6.54. The maximum Gasteiger partial charge on any atom is 0.136 e. The van der Waals surface area contributed by atoms with Gasteiger partial charge in [0.25, 0.3) is 0 Å². The average Bonchev–Trinajstić information content (AvgIpc) is 3.87. The molecule has 3 aromatic heterocycles. The molecule has 0 spiro atoms. The second-order valence-corrected chi connectivity index (χ2v) is 13.5. The normalized spacial score (nSPS) is 12.3. The number of fused-ring (bicyclic) bond motifs is 14. The van der Waals surface area contributed by atoms with Gasteiger partial charge in [-0.1, -0.05) is 109 Å². The Labute approximate surface area is 292 Å². The first-order valence-electron chi connectivity index (χ1n) is 17.3. The Morgan fingerprint density at radius 3 is 1.35 bits per heavy atom. The first-order valence-corrected chi connectivity index (χ1v) is 17.3. The topological polar surface area (TPSA) is 39.4 Å². The van der Waals surface area contributed by atoms with Crippen molar-refractivity contribution in [1.29, 1.82) is 0 Å². The molecule has 0 atom stereocenters. The maximum atomic E-state index is 6.54. The first kappa shape index (κ1) is 27.0. The van der Waals surface area contributed by atoms with Crippen LogP contribution >= 0.6 is 0 Å². The summed E-state index contributed by atoms with van der Waals surface area (Å²) in [5, 5.41) is 13.9. The zero-order valence-corrected chi connectivity index (χ0v) is 27.2. The Hall–Kier alpha value is -6.84. The van der Waals surface area contributed by atoms with Crippen LogP contribution in [0.4, 0.5) is 0 Å². The van der Waals surface area contributed by atoms with Crippen molar-refractivity contribution in [1.82, 2.24) is 0 Å². The molecule has 3 heterocycles. The van der Waals surface area contributed by atoms with Crippen LogP contribution in [-0.4, -0.2) is 0 Å². The summed E-state index contributed by atoms with van der Waals surface area (Å²) in [4.78, 5) is 0. The summed E-state index contributed by atoms with van der Waals surface area (Å²) in [6, 6.07) is 56.0. The van der Waals surface area contributed by atoms with Crippen LogP contribution in [0.2, 0.25) is 0 Å². The highest BCUT2D eigenvalue weighted by molar-refractivity contribution is 6.31. The Morgan fingerprint density at radius 1 is 0.275 bits per heavy atom. The van der Waals surface area contributed by atoms with Crippen LogP contribution in [0, 0.1) is 0 Å². The number of benzene rings is 9. The summed E-state index contributed by atoms with van der Waals surface area (Å²) < 4.78 is 19.2. The summed E-state index contributed by atoms with van der Waals surface area (Å²) in [5.41, 5.74) is 10.0. The van der Waals surface area contributed by atoms with E-state index in [0.717, 1.165) is 71.4 Å². The van der Waals surface area contributed by atoms with Gasteiger partial charge in [0.05, 0.1) is 0 Å². The standard InChI is InChI=1S/C48H26O3.H2/c1-2-10-30-27(9-1)17-22-41-46(30)48-43(51-41)24-23-42-47(48)37-26-29(19-21-40(37)50-42)45-34-14-5-3-12-32(34)44(33-13-4-6-15-35(33)45)28-18-20-39-36(25-28)31-11-7-8-16-38(31)49-39;/h1-26H;1H. The lowest BCUT2D eigenvalue weighted by Crippen LogP contribution is -1.90. The molecule has 12 aromatic rings. The van der Waals surface area contributed by atoms with Crippen LogP contribution in [0.3, 0.4) is 0 Å². The molecule has 51 heavy (non-hydrogen) atoms. The summed E-state index contributed by atoms with van der Waals surface area (Å²) in [6.45, 7) is 0. The minimum Gasteiger partial charge on any atom is -0.456 e. The van der Waals surface area contributed by atoms with Crippen molar-refractivity contribution in [3.05, 3.63) is 158 Å². The summed E-state index contributed by atoms with van der Waals surface area (Å²) >= 11 is 0. The lowest BCUT2D eigenvalue weighted by Gasteiger charge is -2.18. The predicted molar refractivity (Wildman–Crippen MR) is 214 cm³/mol. The molecule has 12 rings (SSSR count). The third-order valence-corrected chi connectivity index (χ3v) is 10.8. The fourth-order valence-corrected chi connectivity index (χ4v) is 8.68. The second-order valence-electron chi connectivity index (χ2n) is 13.5. The van der Waals surface area contributed by atoms with Crippen LogP contribution in [-0.2, 0) is 0 Å². The average molecular weight is 653 g/mol. The number of hydrogen-bond acceptors (Lipinski definition) is 3. The van der Waals surface area contributed by atoms with Crippen LogP contribution in [0.1, 0.15) is 1.43 Å². The Balaban J connectivity index is 0.00000320. The summed E-state index contributed by atoms with van der Waals surface area (Å²) in [7, 11) is 0. The molecule has 0 aliphatic heterocycles. The molecule has 0 fully saturated rings. The second kappa shape index (κ2) is 9.87. The van der Waals surface area contributed by atoms with Gasteiger partial charge < -0.3 is 13.3 Å². The molecule has 0 saturated carbocycles. The van der Waals surface area contributed by atoms with Gasteiger partial charge in [-0.05, 0) is 103 Å². The molecular formula is C48H28O3. The SMILES string of the molecule is [HH].c1ccc2c(c1)ccc1oc3ccc4oc5ccc(-c6c7ccccc7c(-c7ccc8oc9ccccc9c8c7)c7ccccc67)cc5c4c3c12. The Kier molecular flexibility index (Phi) is 5.23. The quantitative estimate of drug-likeness (QED) is 0.174. The monoisotopic (exact) mass is 652 g/mol. The highest BCUT2D eigenvalue weighted by Gasteiger charge is 2.21. The van der Waals surface area contributed by atoms with Crippen molar-refractivity contribution >= 4 is 98.1 Å². The molecule has 0 unspecified atom stereocenters. The molecule has 0 N–H and O–H groups in total. The van der Waals surface area contributed by atoms with Gasteiger partial charge in [-0.2, -0.15) is 0 Å². The highest BCUT2D eigenvalue weighted by Crippen LogP contribution is 2.47. The van der Waals surface area contributed by atoms with Crippen molar-refractivity contribution < 1.29 is 14.7 Å². The van der Waals surface area contributed by atoms with Gasteiger partial charge in [-0.3, -0.25) is 0 Å². The van der Waals surface area contributed by atoms with Gasteiger partial charge >= 0.3 is 0 Å². The summed E-state index contributed by atoms with van der Waals surface area (Å²) in [6.07, 6.45) is 0. The largest absolute Gasteiger partial charge is 0.456 e. The van der Waals surface area contributed by atoms with Gasteiger partial charge in [0, 0.05) is 33.7 Å². The lowest BCUT2D eigenvalue weighted by atomic mass is 9.85. The Bertz CT molecular complexity index is 3380. The van der Waals surface area contributed by atoms with E-state index in [2.05, 4.69) is 133 Å². The van der Waals surface area contributed by atoms with Crippen molar-refractivity contribution in [2.75, 3.05) is 0 Å². The van der Waals surface area contributed by atoms with E-state index >= 15 is 0 Å². The molecule has 0 aliphatic carbocycles. The van der Waals surface area contributed by atoms with E-state index in [9.17, 15) is 0 Å². The number of para-hydroxylation sites is 1. The minimum absolute atomic E-state index is 0. The van der Waals surface area contributed by atoms with E-state index in [1.165, 1.54) is 49.0 Å². The summed E-state index contributed by atoms with van der Waals surface area (Å²) in [5.74, 6) is 0. The predicted octanol–water partition coefficient (Wildman–Crippen LogP) is 14.4. The fraction of sp³-hybridized carbons (Fsp3) is 0. The Morgan fingerprint density at radius 2 is 0.686 bits per heavy atom. The lowest BCUT2D eigenvalue weighted by molar-refractivity contribution is 0.663. The van der Waals surface area contributed by atoms with Crippen LogP contribution in [0.5, 0.6) is 0 Å². The number of rotatable bonds is 2. The van der Waals surface area contributed by atoms with Crippen molar-refractivity contribution in [3.63, 3.8) is 0 Å². The molecular weight excluding hydrogens is 625 g/mol. The minimum atomic E-state index is 0. The van der Waals surface area contributed by atoms with Gasteiger partial charge in [-0.25, -0.2) is 0 Å². The molecule has 238 valence electrons. The van der Waals surface area contributed by atoms with E-state index in [4.69, 9.17) is 13.3 Å². The molecule has 9 aromatic carbocycles. The van der Waals surface area contributed by atoms with Gasteiger partial charge in [-0.15, -0.1) is 0 Å². The molecule has 0 amide bonds. The molecule has 3 heteroatoms. The van der Waals surface area contributed by atoms with E-state index < -0.39 is 0 Å². The molecule has 0 radical (unpaired) electrons. The molecule has 0 aliphatic rings. The van der Waals surface area contributed by atoms with Crippen molar-refractivity contribution in [3.8, 4) is 22.3 Å². The highest BCUT2D eigenvalue weighted by atomic mass is 16.3. The molecule has 0 bridgehead atoms. The zero-order chi connectivity index (χ0) is 33.2. The number of hydrogen-bond donors (Lipinski definition) is 0. The van der Waals surface area contributed by atoms with E-state index in [1.807, 2.05) is 24.3 Å². The van der Waals surface area contributed by atoms with Gasteiger partial charge in [0.1, 0.15) is 33.5 Å². The fourth-order valence-electron chi connectivity index (χ4n) is 8.68.